The smallest absolute Gasteiger partial charge is 0.290 e. The molecule has 2 rings (SSSR count). The number of piperidine rings is 1. The summed E-state index contributed by atoms with van der Waals surface area (Å²) in [4.78, 5) is 23.8. The summed E-state index contributed by atoms with van der Waals surface area (Å²) < 4.78 is 0. The zero-order chi connectivity index (χ0) is 7.84. The molecule has 2 aliphatic heterocycles. The van der Waals surface area contributed by atoms with Crippen LogP contribution in [0.25, 0.3) is 0 Å². The van der Waals surface area contributed by atoms with Crippen LogP contribution in [0.15, 0.2) is 0 Å². The van der Waals surface area contributed by atoms with Gasteiger partial charge in [0.25, 0.3) is 5.91 Å². The maximum atomic E-state index is 11.1. The molecule has 0 aromatic rings. The zero-order valence-corrected chi connectivity index (χ0v) is 6.38. The van der Waals surface area contributed by atoms with Crippen molar-refractivity contribution in [1.82, 2.24) is 4.90 Å². The second kappa shape index (κ2) is 2.32. The minimum atomic E-state index is -0.241. The fourth-order valence-electron chi connectivity index (χ4n) is 1.94. The van der Waals surface area contributed by atoms with E-state index in [1.54, 1.807) is 4.90 Å². The standard InChI is InChI=1S/C8H11NO2/c10-7-5-6-3-1-2-4-9(6)8(7)11/h6H,1-5H2. The van der Waals surface area contributed by atoms with Crippen LogP contribution in [0, 0.1) is 0 Å². The van der Waals surface area contributed by atoms with Crippen molar-refractivity contribution in [3.63, 3.8) is 0 Å². The molecular formula is C8H11NO2. The summed E-state index contributed by atoms with van der Waals surface area (Å²) in [6.45, 7) is 0.801. The zero-order valence-electron chi connectivity index (χ0n) is 6.38. The van der Waals surface area contributed by atoms with Gasteiger partial charge in [-0.05, 0) is 19.3 Å². The van der Waals surface area contributed by atoms with Gasteiger partial charge in [-0.1, -0.05) is 0 Å². The SMILES string of the molecule is O=C1CC2CCCCN2C1=O. The van der Waals surface area contributed by atoms with E-state index in [9.17, 15) is 9.59 Å². The molecule has 0 aromatic carbocycles. The number of fused-ring (bicyclic) bond motifs is 1. The average molecular weight is 153 g/mol. The van der Waals surface area contributed by atoms with Crippen LogP contribution in [0.2, 0.25) is 0 Å². The molecule has 0 saturated carbocycles. The number of amides is 1. The molecule has 0 aromatic heterocycles. The highest BCUT2D eigenvalue weighted by atomic mass is 16.2. The van der Waals surface area contributed by atoms with Crippen molar-refractivity contribution < 1.29 is 9.59 Å². The molecule has 1 atom stereocenters. The predicted octanol–water partition coefficient (Wildman–Crippen LogP) is 0.340. The topological polar surface area (TPSA) is 37.4 Å². The Kier molecular flexibility index (Phi) is 1.44. The van der Waals surface area contributed by atoms with E-state index < -0.39 is 0 Å². The third-order valence-electron chi connectivity index (χ3n) is 2.55. The number of Topliss-reactive ketones (excluding diaryl/α,β-unsaturated/α-hetero) is 1. The van der Waals surface area contributed by atoms with E-state index in [4.69, 9.17) is 0 Å². The molecule has 0 bridgehead atoms. The van der Waals surface area contributed by atoms with E-state index >= 15 is 0 Å². The molecule has 0 N–H and O–H groups in total. The van der Waals surface area contributed by atoms with Crippen molar-refractivity contribution in [2.45, 2.75) is 31.7 Å². The lowest BCUT2D eigenvalue weighted by atomic mass is 10.0. The van der Waals surface area contributed by atoms with Gasteiger partial charge in [0.2, 0.25) is 5.78 Å². The van der Waals surface area contributed by atoms with Crippen LogP contribution >= 0.6 is 0 Å². The lowest BCUT2D eigenvalue weighted by Crippen LogP contribution is -2.37. The predicted molar refractivity (Wildman–Crippen MR) is 39.0 cm³/mol. The Balaban J connectivity index is 2.18. The lowest BCUT2D eigenvalue weighted by Gasteiger charge is -2.28. The number of carbonyl (C=O) groups excluding carboxylic acids is 2. The Bertz CT molecular complexity index is 212. The molecule has 1 amide bonds. The van der Waals surface area contributed by atoms with Gasteiger partial charge in [0.05, 0.1) is 0 Å². The molecule has 60 valence electrons. The number of nitrogens with zero attached hydrogens (tertiary/aromatic N) is 1. The molecule has 11 heavy (non-hydrogen) atoms. The molecule has 2 fully saturated rings. The van der Waals surface area contributed by atoms with Gasteiger partial charge in [0, 0.05) is 19.0 Å². The van der Waals surface area contributed by atoms with E-state index in [1.807, 2.05) is 0 Å². The molecule has 1 unspecified atom stereocenters. The van der Waals surface area contributed by atoms with Gasteiger partial charge < -0.3 is 4.90 Å². The number of rotatable bonds is 0. The van der Waals surface area contributed by atoms with Gasteiger partial charge in [0.1, 0.15) is 0 Å². The summed E-state index contributed by atoms with van der Waals surface area (Å²) in [5.41, 5.74) is 0. The molecule has 3 heteroatoms. The summed E-state index contributed by atoms with van der Waals surface area (Å²) >= 11 is 0. The van der Waals surface area contributed by atoms with Crippen molar-refractivity contribution in [1.29, 1.82) is 0 Å². The third-order valence-corrected chi connectivity index (χ3v) is 2.55. The highest BCUT2D eigenvalue weighted by Crippen LogP contribution is 2.25. The Labute approximate surface area is 65.4 Å². The van der Waals surface area contributed by atoms with Gasteiger partial charge in [0.15, 0.2) is 0 Å². The number of carbonyl (C=O) groups is 2. The van der Waals surface area contributed by atoms with E-state index in [0.717, 1.165) is 19.4 Å². The minimum Gasteiger partial charge on any atom is -0.333 e. The van der Waals surface area contributed by atoms with Crippen molar-refractivity contribution >= 4 is 11.7 Å². The van der Waals surface area contributed by atoms with Gasteiger partial charge >= 0.3 is 0 Å². The van der Waals surface area contributed by atoms with Crippen molar-refractivity contribution in [3.8, 4) is 0 Å². The first-order chi connectivity index (χ1) is 5.29. The van der Waals surface area contributed by atoms with Crippen LogP contribution in [0.3, 0.4) is 0 Å². The van der Waals surface area contributed by atoms with Crippen LogP contribution in [-0.4, -0.2) is 29.2 Å². The summed E-state index contributed by atoms with van der Waals surface area (Å²) in [6, 6.07) is 0.253. The summed E-state index contributed by atoms with van der Waals surface area (Å²) in [5, 5.41) is 0. The van der Waals surface area contributed by atoms with Crippen LogP contribution in [0.4, 0.5) is 0 Å². The minimum absolute atomic E-state index is 0.183. The van der Waals surface area contributed by atoms with E-state index in [0.29, 0.717) is 6.42 Å². The summed E-state index contributed by atoms with van der Waals surface area (Å²) in [7, 11) is 0. The van der Waals surface area contributed by atoms with Gasteiger partial charge in [-0.25, -0.2) is 0 Å². The fraction of sp³-hybridized carbons (Fsp3) is 0.750. The molecule has 2 heterocycles. The van der Waals surface area contributed by atoms with E-state index in [1.165, 1.54) is 6.42 Å². The molecule has 0 aliphatic carbocycles. The Morgan fingerprint density at radius 3 is 2.82 bits per heavy atom. The number of hydrogen-bond donors (Lipinski definition) is 0. The quantitative estimate of drug-likeness (QED) is 0.470. The molecule has 2 aliphatic rings. The van der Waals surface area contributed by atoms with E-state index in [2.05, 4.69) is 0 Å². The summed E-state index contributed by atoms with van der Waals surface area (Å²) in [5.74, 6) is -0.424. The lowest BCUT2D eigenvalue weighted by molar-refractivity contribution is -0.140. The van der Waals surface area contributed by atoms with E-state index in [-0.39, 0.29) is 17.7 Å². The highest BCUT2D eigenvalue weighted by molar-refractivity contribution is 6.38. The molecule has 2 saturated heterocycles. The first-order valence-electron chi connectivity index (χ1n) is 4.13. The Hall–Kier alpha value is -0.860. The number of hydrogen-bond acceptors (Lipinski definition) is 2. The Morgan fingerprint density at radius 1 is 1.27 bits per heavy atom. The monoisotopic (exact) mass is 153 g/mol. The first kappa shape index (κ1) is 6.83. The van der Waals surface area contributed by atoms with Crippen LogP contribution in [0.1, 0.15) is 25.7 Å². The molecule has 0 spiro atoms. The normalized spacial score (nSPS) is 30.9. The maximum Gasteiger partial charge on any atom is 0.290 e. The Morgan fingerprint density at radius 2 is 2.09 bits per heavy atom. The van der Waals surface area contributed by atoms with Crippen LogP contribution in [-0.2, 0) is 9.59 Å². The van der Waals surface area contributed by atoms with Gasteiger partial charge in [-0.2, -0.15) is 0 Å². The molecule has 3 nitrogen and oxygen atoms in total. The second-order valence-corrected chi connectivity index (χ2v) is 3.28. The maximum absolute atomic E-state index is 11.1. The first-order valence-corrected chi connectivity index (χ1v) is 4.13. The van der Waals surface area contributed by atoms with Gasteiger partial charge in [-0.15, -0.1) is 0 Å². The van der Waals surface area contributed by atoms with Gasteiger partial charge in [-0.3, -0.25) is 9.59 Å². The van der Waals surface area contributed by atoms with Crippen LogP contribution < -0.4 is 0 Å². The van der Waals surface area contributed by atoms with Crippen molar-refractivity contribution in [2.75, 3.05) is 6.54 Å². The summed E-state index contributed by atoms with van der Waals surface area (Å²) in [6.07, 6.45) is 3.73. The van der Waals surface area contributed by atoms with Crippen molar-refractivity contribution in [3.05, 3.63) is 0 Å². The highest BCUT2D eigenvalue weighted by Gasteiger charge is 2.38. The largest absolute Gasteiger partial charge is 0.333 e. The second-order valence-electron chi connectivity index (χ2n) is 3.28. The fourth-order valence-corrected chi connectivity index (χ4v) is 1.94. The molecule has 0 radical (unpaired) electrons. The number of ketones is 1. The molecular weight excluding hydrogens is 142 g/mol. The van der Waals surface area contributed by atoms with Crippen molar-refractivity contribution in [2.24, 2.45) is 0 Å². The van der Waals surface area contributed by atoms with Crippen LogP contribution in [0.5, 0.6) is 0 Å². The third kappa shape index (κ3) is 0.951. The average Bonchev–Trinajstić information content (AvgIpc) is 2.30.